The third-order valence-electron chi connectivity index (χ3n) is 5.49. The molecule has 0 radical (unpaired) electrons. The number of benzene rings is 2. The van der Waals surface area contributed by atoms with E-state index in [1.54, 1.807) is 60.7 Å². The average Bonchev–Trinajstić information content (AvgIpc) is 3.24. The van der Waals surface area contributed by atoms with Crippen LogP contribution in [0.15, 0.2) is 66.9 Å². The molecule has 3 aromatic rings. The maximum Gasteiger partial charge on any atom is 0.437 e. The van der Waals surface area contributed by atoms with Crippen LogP contribution in [-0.2, 0) is 9.53 Å². The van der Waals surface area contributed by atoms with E-state index in [-0.39, 0.29) is 17.9 Å². The van der Waals surface area contributed by atoms with Gasteiger partial charge in [-0.3, -0.25) is 4.79 Å². The number of aliphatic hydroxyl groups is 1. The van der Waals surface area contributed by atoms with E-state index >= 15 is 0 Å². The highest BCUT2D eigenvalue weighted by Crippen LogP contribution is 2.45. The van der Waals surface area contributed by atoms with Crippen LogP contribution < -0.4 is 10.6 Å². The van der Waals surface area contributed by atoms with E-state index in [0.29, 0.717) is 11.3 Å². The number of hydrogen-bond acceptors (Lipinski definition) is 5. The van der Waals surface area contributed by atoms with Crippen LogP contribution >= 0.6 is 0 Å². The number of amides is 2. The highest BCUT2D eigenvalue weighted by atomic mass is 19.4. The van der Waals surface area contributed by atoms with Crippen LogP contribution in [0.4, 0.5) is 18.0 Å². The third kappa shape index (κ3) is 4.10. The summed E-state index contributed by atoms with van der Waals surface area (Å²) in [5, 5.41) is 19.0. The first kappa shape index (κ1) is 23.3. The molecule has 2 amide bonds. The first-order valence-electron chi connectivity index (χ1n) is 10.4. The van der Waals surface area contributed by atoms with E-state index in [4.69, 9.17) is 4.74 Å². The van der Waals surface area contributed by atoms with Crippen LogP contribution in [0.25, 0.3) is 16.9 Å². The Labute approximate surface area is 192 Å². The Morgan fingerprint density at radius 2 is 1.76 bits per heavy atom. The molecule has 1 aromatic heterocycles. The molecule has 1 aliphatic heterocycles. The second-order valence-corrected chi connectivity index (χ2v) is 7.65. The van der Waals surface area contributed by atoms with Gasteiger partial charge in [-0.25, -0.2) is 9.48 Å². The maximum absolute atomic E-state index is 14.0. The van der Waals surface area contributed by atoms with Gasteiger partial charge in [0.2, 0.25) is 0 Å². The number of carbonyl (C=O) groups excluding carboxylic acids is 2. The average molecular weight is 474 g/mol. The molecule has 0 bridgehead atoms. The summed E-state index contributed by atoms with van der Waals surface area (Å²) in [6.45, 7) is 1.20. The Bertz CT molecular complexity index is 1180. The smallest absolute Gasteiger partial charge is 0.437 e. The van der Waals surface area contributed by atoms with Crippen molar-refractivity contribution in [1.82, 2.24) is 20.4 Å². The summed E-state index contributed by atoms with van der Waals surface area (Å²) < 4.78 is 48.3. The van der Waals surface area contributed by atoms with Crippen LogP contribution in [0.3, 0.4) is 0 Å². The Balaban J connectivity index is 1.93. The first-order chi connectivity index (χ1) is 16.2. The number of hydrogen-bond donors (Lipinski definition) is 3. The normalized spacial score (nSPS) is 22.6. The fourth-order valence-electron chi connectivity index (χ4n) is 3.94. The second kappa shape index (κ2) is 8.82. The maximum atomic E-state index is 14.0. The van der Waals surface area contributed by atoms with Gasteiger partial charge in [-0.05, 0) is 19.1 Å². The van der Waals surface area contributed by atoms with Crippen molar-refractivity contribution in [3.8, 4) is 16.9 Å². The molecule has 4 rings (SSSR count). The quantitative estimate of drug-likeness (QED) is 0.492. The Morgan fingerprint density at radius 1 is 1.15 bits per heavy atom. The van der Waals surface area contributed by atoms with Crippen LogP contribution in [-0.4, -0.2) is 45.4 Å². The van der Waals surface area contributed by atoms with Crippen LogP contribution in [0, 0.1) is 5.92 Å². The van der Waals surface area contributed by atoms with Gasteiger partial charge < -0.3 is 20.5 Å². The molecule has 11 heteroatoms. The number of alkyl halides is 3. The van der Waals surface area contributed by atoms with Gasteiger partial charge in [-0.1, -0.05) is 48.5 Å². The molecule has 3 N–H and O–H groups in total. The zero-order valence-electron chi connectivity index (χ0n) is 17.9. The summed E-state index contributed by atoms with van der Waals surface area (Å²) in [6, 6.07) is 14.5. The number of ether oxygens (including phenoxy) is 1. The first-order valence-corrected chi connectivity index (χ1v) is 10.4. The standard InChI is InChI=1S/C23H21F3N4O4/c1-2-34-20(31)17-19(27-21(32)28-22(17,33)23(24,25)26)16-13-30(15-11-7-4-8-12-15)29-18(16)14-9-5-3-6-10-14/h3-13,17,19,33H,2H2,1H3,(H2,27,28,32)/t17-,19+,22-/m1/s1. The number of carbonyl (C=O) groups is 2. The number of para-hydroxylation sites is 1. The number of urea groups is 1. The SMILES string of the molecule is CCOC(=O)[C@H]1[C@H](c2cn(-c3ccccc3)nc2-c2ccccc2)NC(=O)N[C@]1(O)C(F)(F)F. The molecule has 2 heterocycles. The molecule has 1 saturated heterocycles. The van der Waals surface area contributed by atoms with Gasteiger partial charge >= 0.3 is 18.2 Å². The van der Waals surface area contributed by atoms with Crippen LogP contribution in [0.2, 0.25) is 0 Å². The van der Waals surface area contributed by atoms with Crippen LogP contribution in [0.1, 0.15) is 18.5 Å². The minimum absolute atomic E-state index is 0.102. The second-order valence-electron chi connectivity index (χ2n) is 7.65. The zero-order chi connectivity index (χ0) is 24.5. The van der Waals surface area contributed by atoms with Crippen molar-refractivity contribution < 1.29 is 32.6 Å². The van der Waals surface area contributed by atoms with Crippen molar-refractivity contribution >= 4 is 12.0 Å². The lowest BCUT2D eigenvalue weighted by Crippen LogP contribution is -2.73. The van der Waals surface area contributed by atoms with E-state index in [1.165, 1.54) is 23.1 Å². The number of nitrogens with zero attached hydrogens (tertiary/aromatic N) is 2. The molecule has 34 heavy (non-hydrogen) atoms. The van der Waals surface area contributed by atoms with Gasteiger partial charge in [0.15, 0.2) is 0 Å². The van der Waals surface area contributed by atoms with E-state index in [2.05, 4.69) is 10.4 Å². The summed E-state index contributed by atoms with van der Waals surface area (Å²) >= 11 is 0. The lowest BCUT2D eigenvalue weighted by molar-refractivity contribution is -0.294. The third-order valence-corrected chi connectivity index (χ3v) is 5.49. The van der Waals surface area contributed by atoms with E-state index in [9.17, 15) is 27.9 Å². The summed E-state index contributed by atoms with van der Waals surface area (Å²) in [5.41, 5.74) is -2.39. The summed E-state index contributed by atoms with van der Waals surface area (Å²) in [6.07, 6.45) is -3.94. The van der Waals surface area contributed by atoms with Crippen LogP contribution in [0.5, 0.6) is 0 Å². The van der Waals surface area contributed by atoms with Gasteiger partial charge in [0.25, 0.3) is 5.72 Å². The summed E-state index contributed by atoms with van der Waals surface area (Å²) in [7, 11) is 0. The molecular weight excluding hydrogens is 453 g/mol. The minimum atomic E-state index is -5.37. The topological polar surface area (TPSA) is 105 Å². The largest absolute Gasteiger partial charge is 0.466 e. The van der Waals surface area contributed by atoms with Gasteiger partial charge in [-0.2, -0.15) is 18.3 Å². The lowest BCUT2D eigenvalue weighted by atomic mass is 9.81. The fraction of sp³-hybridized carbons (Fsp3) is 0.261. The van der Waals surface area contributed by atoms with Crippen molar-refractivity contribution in [2.24, 2.45) is 5.92 Å². The predicted molar refractivity (Wildman–Crippen MR) is 115 cm³/mol. The zero-order valence-corrected chi connectivity index (χ0v) is 17.9. The number of aromatic nitrogens is 2. The lowest BCUT2D eigenvalue weighted by Gasteiger charge is -2.44. The molecule has 0 unspecified atom stereocenters. The molecular formula is C23H21F3N4O4. The van der Waals surface area contributed by atoms with Crippen molar-refractivity contribution in [2.45, 2.75) is 24.9 Å². The number of nitrogens with one attached hydrogen (secondary N) is 2. The number of halogens is 3. The summed E-state index contributed by atoms with van der Waals surface area (Å²) in [5.74, 6) is -3.58. The molecule has 2 aromatic carbocycles. The molecule has 1 aliphatic rings. The molecule has 1 fully saturated rings. The van der Waals surface area contributed by atoms with Crippen molar-refractivity contribution in [3.63, 3.8) is 0 Å². The predicted octanol–water partition coefficient (Wildman–Crippen LogP) is 3.32. The van der Waals surface area contributed by atoms with Crippen molar-refractivity contribution in [2.75, 3.05) is 6.61 Å². The van der Waals surface area contributed by atoms with Gasteiger partial charge in [-0.15, -0.1) is 0 Å². The molecule has 0 spiro atoms. The van der Waals surface area contributed by atoms with Gasteiger partial charge in [0.1, 0.15) is 5.92 Å². The Morgan fingerprint density at radius 3 is 2.35 bits per heavy atom. The molecule has 178 valence electrons. The summed E-state index contributed by atoms with van der Waals surface area (Å²) in [4.78, 5) is 25.1. The van der Waals surface area contributed by atoms with Crippen molar-refractivity contribution in [3.05, 3.63) is 72.4 Å². The highest BCUT2D eigenvalue weighted by molar-refractivity contribution is 5.84. The van der Waals surface area contributed by atoms with E-state index < -0.39 is 35.9 Å². The van der Waals surface area contributed by atoms with E-state index in [0.717, 1.165) is 0 Å². The minimum Gasteiger partial charge on any atom is -0.466 e. The van der Waals surface area contributed by atoms with Crippen molar-refractivity contribution in [1.29, 1.82) is 0 Å². The van der Waals surface area contributed by atoms with E-state index in [1.807, 2.05) is 0 Å². The Kier molecular flexibility index (Phi) is 6.05. The fourth-order valence-corrected chi connectivity index (χ4v) is 3.94. The van der Waals surface area contributed by atoms with Gasteiger partial charge in [0.05, 0.1) is 24.0 Å². The number of esters is 1. The molecule has 0 aliphatic carbocycles. The number of rotatable bonds is 5. The monoisotopic (exact) mass is 474 g/mol. The molecule has 3 atom stereocenters. The highest BCUT2D eigenvalue weighted by Gasteiger charge is 2.67. The molecule has 8 nitrogen and oxygen atoms in total. The molecule has 0 saturated carbocycles. The Hall–Kier alpha value is -3.86. The van der Waals surface area contributed by atoms with Gasteiger partial charge in [0, 0.05) is 17.3 Å².